The van der Waals surface area contributed by atoms with Crippen molar-refractivity contribution in [3.63, 3.8) is 0 Å². The van der Waals surface area contributed by atoms with Gasteiger partial charge in [-0.05, 0) is 36.2 Å². The first-order valence-corrected chi connectivity index (χ1v) is 7.76. The summed E-state index contributed by atoms with van der Waals surface area (Å²) in [6.07, 6.45) is 0.658. The van der Waals surface area contributed by atoms with Crippen molar-refractivity contribution in [1.29, 1.82) is 0 Å². The Hall–Kier alpha value is -2.34. The van der Waals surface area contributed by atoms with Gasteiger partial charge >= 0.3 is 6.03 Å². The van der Waals surface area contributed by atoms with Gasteiger partial charge in [-0.1, -0.05) is 23.7 Å². The predicted molar refractivity (Wildman–Crippen MR) is 88.4 cm³/mol. The highest BCUT2D eigenvalue weighted by Crippen LogP contribution is 2.17. The van der Waals surface area contributed by atoms with Crippen LogP contribution in [0.1, 0.15) is 5.56 Å². The first-order chi connectivity index (χ1) is 11.5. The van der Waals surface area contributed by atoms with Crippen LogP contribution in [-0.2, 0) is 6.42 Å². The Morgan fingerprint density at radius 2 is 1.88 bits per heavy atom. The van der Waals surface area contributed by atoms with E-state index in [4.69, 9.17) is 16.3 Å². The Morgan fingerprint density at radius 3 is 2.62 bits per heavy atom. The van der Waals surface area contributed by atoms with Crippen LogP contribution in [0.2, 0.25) is 5.02 Å². The number of rotatable bonds is 7. The monoisotopic (exact) mass is 354 g/mol. The minimum absolute atomic E-state index is 0.0560. The van der Waals surface area contributed by atoms with E-state index in [0.29, 0.717) is 18.0 Å². The van der Waals surface area contributed by atoms with Gasteiger partial charge in [0.2, 0.25) is 0 Å². The summed E-state index contributed by atoms with van der Waals surface area (Å²) in [7, 11) is 0. The van der Waals surface area contributed by atoms with E-state index in [-0.39, 0.29) is 24.9 Å². The van der Waals surface area contributed by atoms with Gasteiger partial charge in [-0.25, -0.2) is 13.6 Å². The van der Waals surface area contributed by atoms with Gasteiger partial charge in [0.05, 0.1) is 6.54 Å². The van der Waals surface area contributed by atoms with Crippen molar-refractivity contribution in [2.75, 3.05) is 19.7 Å². The minimum atomic E-state index is -0.777. The summed E-state index contributed by atoms with van der Waals surface area (Å²) in [5, 5.41) is 5.93. The molecule has 0 fully saturated rings. The topological polar surface area (TPSA) is 50.4 Å². The maximum Gasteiger partial charge on any atom is 0.314 e. The van der Waals surface area contributed by atoms with E-state index in [1.165, 1.54) is 6.07 Å². The van der Waals surface area contributed by atoms with Gasteiger partial charge in [-0.15, -0.1) is 0 Å². The van der Waals surface area contributed by atoms with E-state index < -0.39 is 11.6 Å². The Kier molecular flexibility index (Phi) is 6.81. The Balaban J connectivity index is 1.61. The van der Waals surface area contributed by atoms with E-state index in [9.17, 15) is 13.6 Å². The molecule has 0 aromatic heterocycles. The van der Waals surface area contributed by atoms with Crippen molar-refractivity contribution in [1.82, 2.24) is 10.6 Å². The minimum Gasteiger partial charge on any atom is -0.489 e. The lowest BCUT2D eigenvalue weighted by atomic mass is 10.1. The number of amides is 2. The first kappa shape index (κ1) is 18.0. The number of halogens is 3. The van der Waals surface area contributed by atoms with Gasteiger partial charge < -0.3 is 15.4 Å². The molecule has 0 saturated heterocycles. The summed E-state index contributed by atoms with van der Waals surface area (Å²) in [6, 6.07) is 10.1. The highest BCUT2D eigenvalue weighted by molar-refractivity contribution is 6.30. The van der Waals surface area contributed by atoms with Crippen LogP contribution in [0.15, 0.2) is 42.5 Å². The molecule has 24 heavy (non-hydrogen) atoms. The molecule has 0 heterocycles. The van der Waals surface area contributed by atoms with Crippen LogP contribution < -0.4 is 15.4 Å². The summed E-state index contributed by atoms with van der Waals surface area (Å²) in [5.41, 5.74) is 1.03. The number of urea groups is 1. The highest BCUT2D eigenvalue weighted by Gasteiger charge is 2.05. The zero-order chi connectivity index (χ0) is 17.4. The number of hydrogen-bond donors (Lipinski definition) is 2. The zero-order valence-electron chi connectivity index (χ0n) is 12.8. The molecule has 0 radical (unpaired) electrons. The number of carbonyl (C=O) groups is 1. The normalized spacial score (nSPS) is 10.3. The average Bonchev–Trinajstić information content (AvgIpc) is 2.53. The first-order valence-electron chi connectivity index (χ1n) is 7.38. The number of nitrogens with one attached hydrogen (secondary N) is 2. The highest BCUT2D eigenvalue weighted by atomic mass is 35.5. The molecule has 0 atom stereocenters. The quantitative estimate of drug-likeness (QED) is 0.747. The number of ether oxygens (including phenoxy) is 1. The molecule has 7 heteroatoms. The Morgan fingerprint density at radius 1 is 1.08 bits per heavy atom. The second kappa shape index (κ2) is 9.08. The van der Waals surface area contributed by atoms with E-state index in [2.05, 4.69) is 10.6 Å². The van der Waals surface area contributed by atoms with Crippen LogP contribution in [-0.4, -0.2) is 25.7 Å². The van der Waals surface area contributed by atoms with Gasteiger partial charge in [-0.3, -0.25) is 0 Å². The Labute approximate surface area is 143 Å². The lowest BCUT2D eigenvalue weighted by molar-refractivity contribution is 0.236. The number of hydrogen-bond acceptors (Lipinski definition) is 2. The summed E-state index contributed by atoms with van der Waals surface area (Å²) >= 11 is 5.88. The fraction of sp³-hybridized carbons (Fsp3) is 0.235. The molecule has 2 amide bonds. The second-order valence-electron chi connectivity index (χ2n) is 4.99. The van der Waals surface area contributed by atoms with Gasteiger partial charge in [-0.2, -0.15) is 0 Å². The third kappa shape index (κ3) is 6.04. The summed E-state index contributed by atoms with van der Waals surface area (Å²) in [4.78, 5) is 11.6. The molecule has 0 bridgehead atoms. The van der Waals surface area contributed by atoms with Gasteiger partial charge in [0.1, 0.15) is 12.4 Å². The van der Waals surface area contributed by atoms with Crippen molar-refractivity contribution >= 4 is 17.6 Å². The van der Waals surface area contributed by atoms with Crippen LogP contribution in [0.4, 0.5) is 13.6 Å². The molecule has 128 valence electrons. The molecule has 0 unspecified atom stereocenters. The molecule has 4 nitrogen and oxygen atoms in total. The predicted octanol–water partition coefficient (Wildman–Crippen LogP) is 3.54. The van der Waals surface area contributed by atoms with Crippen LogP contribution in [0, 0.1) is 11.6 Å². The van der Waals surface area contributed by atoms with Crippen LogP contribution >= 0.6 is 11.6 Å². The van der Waals surface area contributed by atoms with Crippen molar-refractivity contribution in [3.8, 4) is 5.75 Å². The fourth-order valence-electron chi connectivity index (χ4n) is 1.99. The number of carbonyl (C=O) groups excluding carboxylic acids is 1. The smallest absolute Gasteiger partial charge is 0.314 e. The lowest BCUT2D eigenvalue weighted by Crippen LogP contribution is -2.38. The van der Waals surface area contributed by atoms with Crippen molar-refractivity contribution < 1.29 is 18.3 Å². The fourth-order valence-corrected chi connectivity index (χ4v) is 2.21. The van der Waals surface area contributed by atoms with E-state index in [0.717, 1.165) is 17.7 Å². The maximum absolute atomic E-state index is 13.3. The summed E-state index contributed by atoms with van der Waals surface area (Å²) < 4.78 is 31.2. The van der Waals surface area contributed by atoms with Crippen molar-refractivity contribution in [2.45, 2.75) is 6.42 Å². The molecule has 2 N–H and O–H groups in total. The van der Waals surface area contributed by atoms with E-state index >= 15 is 0 Å². The molecule has 0 spiro atoms. The molecule has 2 aromatic carbocycles. The standard InChI is InChI=1S/C17H17ClF2N2O2/c18-13-3-1-2-12(10-13)6-7-21-17(23)22-8-9-24-16-5-4-14(19)11-15(16)20/h1-5,10-11H,6-9H2,(H2,21,22,23). The average molecular weight is 355 g/mol. The van der Waals surface area contributed by atoms with E-state index in [1.807, 2.05) is 18.2 Å². The maximum atomic E-state index is 13.3. The summed E-state index contributed by atoms with van der Waals surface area (Å²) in [5.74, 6) is -1.50. The molecular formula is C17H17ClF2N2O2. The third-order valence-corrected chi connectivity index (χ3v) is 3.36. The SMILES string of the molecule is O=C(NCCOc1ccc(F)cc1F)NCCc1cccc(Cl)c1. The molecular weight excluding hydrogens is 338 g/mol. The Bertz CT molecular complexity index is 698. The van der Waals surface area contributed by atoms with Crippen LogP contribution in [0.3, 0.4) is 0 Å². The molecule has 0 aliphatic carbocycles. The molecule has 0 aliphatic heterocycles. The lowest BCUT2D eigenvalue weighted by Gasteiger charge is -2.09. The van der Waals surface area contributed by atoms with Crippen molar-refractivity contribution in [3.05, 3.63) is 64.7 Å². The molecule has 2 aromatic rings. The molecule has 0 aliphatic rings. The largest absolute Gasteiger partial charge is 0.489 e. The van der Waals surface area contributed by atoms with Crippen molar-refractivity contribution in [2.24, 2.45) is 0 Å². The van der Waals surface area contributed by atoms with Crippen LogP contribution in [0.5, 0.6) is 5.75 Å². The zero-order valence-corrected chi connectivity index (χ0v) is 13.6. The van der Waals surface area contributed by atoms with Gasteiger partial charge in [0, 0.05) is 17.6 Å². The number of benzene rings is 2. The molecule has 2 rings (SSSR count). The second-order valence-corrected chi connectivity index (χ2v) is 5.42. The van der Waals surface area contributed by atoms with Gasteiger partial charge in [0.15, 0.2) is 11.6 Å². The molecule has 0 saturated carbocycles. The summed E-state index contributed by atoms with van der Waals surface area (Å²) in [6.45, 7) is 0.726. The third-order valence-electron chi connectivity index (χ3n) is 3.13. The van der Waals surface area contributed by atoms with Gasteiger partial charge in [0.25, 0.3) is 0 Å². The van der Waals surface area contributed by atoms with E-state index in [1.54, 1.807) is 6.07 Å². The van der Waals surface area contributed by atoms with Crippen LogP contribution in [0.25, 0.3) is 0 Å².